The molecule has 2 aromatic carbocycles. The van der Waals surface area contributed by atoms with E-state index in [-0.39, 0.29) is 18.0 Å². The minimum absolute atomic E-state index is 0.00996. The number of nitrogens with zero attached hydrogens (tertiary/aromatic N) is 3. The Balaban J connectivity index is 1.57. The highest BCUT2D eigenvalue weighted by Gasteiger charge is 2.18. The van der Waals surface area contributed by atoms with Crippen LogP contribution in [0, 0.1) is 6.92 Å². The highest BCUT2D eigenvalue weighted by molar-refractivity contribution is 6.06. The Morgan fingerprint density at radius 3 is 2.72 bits per heavy atom. The Bertz CT molecular complexity index is 1460. The van der Waals surface area contributed by atoms with E-state index in [0.717, 1.165) is 22.0 Å². The van der Waals surface area contributed by atoms with Crippen molar-refractivity contribution in [3.63, 3.8) is 0 Å². The highest BCUT2D eigenvalue weighted by Crippen LogP contribution is 2.26. The third-order valence-corrected chi connectivity index (χ3v) is 5.52. The van der Waals surface area contributed by atoms with Crippen molar-refractivity contribution in [2.45, 2.75) is 26.6 Å². The topological polar surface area (TPSA) is 82.1 Å². The van der Waals surface area contributed by atoms with Gasteiger partial charge in [-0.2, -0.15) is 0 Å². The predicted octanol–water partition coefficient (Wildman–Crippen LogP) is 3.62. The fraction of sp³-hybridized carbons (Fsp3) is 0.160. The lowest BCUT2D eigenvalue weighted by Crippen LogP contribution is -2.29. The first-order valence-electron chi connectivity index (χ1n) is 10.4. The molecule has 1 N–H and O–H groups in total. The number of benzene rings is 2. The van der Waals surface area contributed by atoms with Gasteiger partial charge in [-0.1, -0.05) is 42.0 Å². The van der Waals surface area contributed by atoms with Gasteiger partial charge >= 0.3 is 0 Å². The van der Waals surface area contributed by atoms with Crippen molar-refractivity contribution >= 4 is 27.8 Å². The number of amides is 1. The molecule has 5 rings (SSSR count). The van der Waals surface area contributed by atoms with Crippen LogP contribution in [0.15, 0.2) is 82.5 Å². The van der Waals surface area contributed by atoms with Crippen LogP contribution >= 0.6 is 0 Å². The number of fused-ring (bicyclic) bond motifs is 3. The lowest BCUT2D eigenvalue weighted by molar-refractivity contribution is -0.121. The first kappa shape index (κ1) is 19.8. The van der Waals surface area contributed by atoms with Gasteiger partial charge in [0.05, 0.1) is 31.2 Å². The Hall–Kier alpha value is -4.13. The van der Waals surface area contributed by atoms with Crippen LogP contribution in [0.25, 0.3) is 21.9 Å². The van der Waals surface area contributed by atoms with Gasteiger partial charge in [0.15, 0.2) is 0 Å². The molecule has 0 saturated carbocycles. The summed E-state index contributed by atoms with van der Waals surface area (Å²) in [5.74, 6) is 0.460. The zero-order chi connectivity index (χ0) is 22.1. The minimum Gasteiger partial charge on any atom is -0.467 e. The number of aryl methyl sites for hydroxylation is 1. The summed E-state index contributed by atoms with van der Waals surface area (Å²) in [4.78, 5) is 30.9. The van der Waals surface area contributed by atoms with Gasteiger partial charge in [0.2, 0.25) is 5.91 Å². The van der Waals surface area contributed by atoms with E-state index >= 15 is 0 Å². The normalized spacial score (nSPS) is 11.3. The van der Waals surface area contributed by atoms with Crippen molar-refractivity contribution in [3.05, 3.63) is 100 Å². The molecule has 0 aliphatic carbocycles. The van der Waals surface area contributed by atoms with E-state index in [4.69, 9.17) is 4.42 Å². The summed E-state index contributed by atoms with van der Waals surface area (Å²) in [6.07, 6.45) is 3.15. The minimum atomic E-state index is -0.210. The third kappa shape index (κ3) is 3.69. The summed E-state index contributed by atoms with van der Waals surface area (Å²) >= 11 is 0. The molecule has 0 aliphatic heterocycles. The number of carbonyl (C=O) groups is 1. The van der Waals surface area contributed by atoms with E-state index < -0.39 is 0 Å². The van der Waals surface area contributed by atoms with E-state index in [9.17, 15) is 9.59 Å². The maximum Gasteiger partial charge on any atom is 0.278 e. The standard InChI is InChI=1S/C25H22N4O3/c1-17-9-10-21-20(12-17)23-24(29(21)15-22(30)26-13-19-8-5-11-32-19)25(31)28(16-27-23)14-18-6-3-2-4-7-18/h2-12,16H,13-15H2,1H3,(H,26,30). The van der Waals surface area contributed by atoms with Gasteiger partial charge in [-0.3, -0.25) is 14.2 Å². The number of hydrogen-bond acceptors (Lipinski definition) is 4. The van der Waals surface area contributed by atoms with Gasteiger partial charge in [0.25, 0.3) is 5.56 Å². The summed E-state index contributed by atoms with van der Waals surface area (Å²) in [6, 6.07) is 19.2. The summed E-state index contributed by atoms with van der Waals surface area (Å²) in [5.41, 5.74) is 3.74. The molecule has 0 spiro atoms. The van der Waals surface area contributed by atoms with Crippen LogP contribution in [0.1, 0.15) is 16.9 Å². The van der Waals surface area contributed by atoms with E-state index in [1.807, 2.05) is 55.5 Å². The third-order valence-electron chi connectivity index (χ3n) is 5.52. The fourth-order valence-corrected chi connectivity index (χ4v) is 3.97. The van der Waals surface area contributed by atoms with Crippen LogP contribution < -0.4 is 10.9 Å². The smallest absolute Gasteiger partial charge is 0.278 e. The van der Waals surface area contributed by atoms with Gasteiger partial charge in [0.1, 0.15) is 23.3 Å². The zero-order valence-electron chi connectivity index (χ0n) is 17.6. The van der Waals surface area contributed by atoms with Crippen molar-refractivity contribution in [1.82, 2.24) is 19.4 Å². The molecule has 0 atom stereocenters. The molecule has 0 aliphatic rings. The van der Waals surface area contributed by atoms with Crippen molar-refractivity contribution in [2.75, 3.05) is 0 Å². The van der Waals surface area contributed by atoms with Gasteiger partial charge in [-0.25, -0.2) is 4.98 Å². The van der Waals surface area contributed by atoms with Gasteiger partial charge in [0, 0.05) is 5.39 Å². The van der Waals surface area contributed by atoms with Crippen LogP contribution in [-0.4, -0.2) is 20.0 Å². The molecular weight excluding hydrogens is 404 g/mol. The number of hydrogen-bond donors (Lipinski definition) is 1. The zero-order valence-corrected chi connectivity index (χ0v) is 17.6. The SMILES string of the molecule is Cc1ccc2c(c1)c1ncn(Cc3ccccc3)c(=O)c1n2CC(=O)NCc1ccco1. The number of furan rings is 1. The summed E-state index contributed by atoms with van der Waals surface area (Å²) in [7, 11) is 0. The van der Waals surface area contributed by atoms with E-state index in [0.29, 0.717) is 29.9 Å². The average molecular weight is 426 g/mol. The first-order valence-corrected chi connectivity index (χ1v) is 10.4. The molecule has 0 radical (unpaired) electrons. The van der Waals surface area contributed by atoms with Crippen LogP contribution in [0.4, 0.5) is 0 Å². The molecule has 7 heteroatoms. The van der Waals surface area contributed by atoms with Crippen LogP contribution in [0.5, 0.6) is 0 Å². The van der Waals surface area contributed by atoms with Gasteiger partial charge in [-0.15, -0.1) is 0 Å². The maximum atomic E-state index is 13.5. The molecule has 1 amide bonds. The fourth-order valence-electron chi connectivity index (χ4n) is 3.97. The summed E-state index contributed by atoms with van der Waals surface area (Å²) in [6.45, 7) is 2.71. The average Bonchev–Trinajstić information content (AvgIpc) is 3.42. The van der Waals surface area contributed by atoms with Crippen molar-refractivity contribution in [1.29, 1.82) is 0 Å². The van der Waals surface area contributed by atoms with Crippen molar-refractivity contribution in [2.24, 2.45) is 0 Å². The monoisotopic (exact) mass is 426 g/mol. The first-order chi connectivity index (χ1) is 15.6. The molecule has 3 aromatic heterocycles. The van der Waals surface area contributed by atoms with Crippen LogP contribution in [0.2, 0.25) is 0 Å². The van der Waals surface area contributed by atoms with Crippen molar-refractivity contribution < 1.29 is 9.21 Å². The Morgan fingerprint density at radius 2 is 1.94 bits per heavy atom. The van der Waals surface area contributed by atoms with Gasteiger partial charge in [-0.05, 0) is 36.8 Å². The second-order valence-electron chi connectivity index (χ2n) is 7.82. The second kappa shape index (κ2) is 8.19. The number of nitrogens with one attached hydrogen (secondary N) is 1. The molecule has 0 fully saturated rings. The molecule has 7 nitrogen and oxygen atoms in total. The van der Waals surface area contributed by atoms with Crippen molar-refractivity contribution in [3.8, 4) is 0 Å². The summed E-state index contributed by atoms with van der Waals surface area (Å²) in [5, 5.41) is 3.72. The molecule has 0 unspecified atom stereocenters. The molecule has 0 bridgehead atoms. The Kier molecular flexibility index (Phi) is 5.07. The van der Waals surface area contributed by atoms with E-state index in [1.165, 1.54) is 0 Å². The predicted molar refractivity (Wildman–Crippen MR) is 122 cm³/mol. The number of carbonyl (C=O) groups excluding carboxylic acids is 1. The quantitative estimate of drug-likeness (QED) is 0.450. The van der Waals surface area contributed by atoms with E-state index in [2.05, 4.69) is 10.3 Å². The maximum absolute atomic E-state index is 13.5. The molecule has 3 heterocycles. The van der Waals surface area contributed by atoms with Crippen LogP contribution in [-0.2, 0) is 24.4 Å². The Morgan fingerprint density at radius 1 is 1.09 bits per heavy atom. The Labute approximate surface area is 183 Å². The molecule has 32 heavy (non-hydrogen) atoms. The van der Waals surface area contributed by atoms with Gasteiger partial charge < -0.3 is 14.3 Å². The van der Waals surface area contributed by atoms with Crippen LogP contribution in [0.3, 0.4) is 0 Å². The lowest BCUT2D eigenvalue weighted by atomic mass is 10.1. The molecule has 160 valence electrons. The largest absolute Gasteiger partial charge is 0.467 e. The van der Waals surface area contributed by atoms with E-state index in [1.54, 1.807) is 33.9 Å². The molecule has 0 saturated heterocycles. The summed E-state index contributed by atoms with van der Waals surface area (Å²) < 4.78 is 8.63. The molecular formula is C25H22N4O3. The lowest BCUT2D eigenvalue weighted by Gasteiger charge is -2.09. The highest BCUT2D eigenvalue weighted by atomic mass is 16.3. The molecule has 5 aromatic rings. The number of rotatable bonds is 6. The number of aromatic nitrogens is 3. The second-order valence-corrected chi connectivity index (χ2v) is 7.82.